The summed E-state index contributed by atoms with van der Waals surface area (Å²) in [6.45, 7) is 0.773. The number of thiophene rings is 1. The lowest BCUT2D eigenvalue weighted by Gasteiger charge is -2.30. The topological polar surface area (TPSA) is 148 Å². The molecule has 2 heterocycles. The lowest BCUT2D eigenvalue weighted by molar-refractivity contribution is -0.155. The number of nitrogens with two attached hydrogens (primary N) is 1. The van der Waals surface area contributed by atoms with Crippen molar-refractivity contribution >= 4 is 46.1 Å². The number of primary amides is 1. The molecular formula is C18H22N4O6S. The maximum absolute atomic E-state index is 12.7. The summed E-state index contributed by atoms with van der Waals surface area (Å²) >= 11 is 1.10. The van der Waals surface area contributed by atoms with E-state index in [4.69, 9.17) is 10.5 Å². The van der Waals surface area contributed by atoms with Crippen LogP contribution >= 0.6 is 11.3 Å². The molecule has 1 spiro atoms. The van der Waals surface area contributed by atoms with Crippen LogP contribution in [0, 0.1) is 0 Å². The van der Waals surface area contributed by atoms with E-state index in [0.29, 0.717) is 12.8 Å². The molecule has 1 aromatic rings. The minimum atomic E-state index is -1.20. The van der Waals surface area contributed by atoms with Gasteiger partial charge in [-0.1, -0.05) is 19.3 Å². The van der Waals surface area contributed by atoms with Crippen molar-refractivity contribution in [3.8, 4) is 0 Å². The van der Waals surface area contributed by atoms with Crippen molar-refractivity contribution in [3.05, 3.63) is 17.0 Å². The molecule has 29 heavy (non-hydrogen) atoms. The van der Waals surface area contributed by atoms with Gasteiger partial charge in [-0.2, -0.15) is 0 Å². The summed E-state index contributed by atoms with van der Waals surface area (Å²) in [6, 6.07) is 0.841. The van der Waals surface area contributed by atoms with Crippen LogP contribution in [0.25, 0.3) is 0 Å². The lowest BCUT2D eigenvalue weighted by atomic mass is 9.82. The Hall–Kier alpha value is -2.95. The number of hydrogen-bond acceptors (Lipinski definition) is 7. The molecule has 1 saturated heterocycles. The molecule has 5 amide bonds. The van der Waals surface area contributed by atoms with Gasteiger partial charge >= 0.3 is 12.0 Å². The Labute approximate surface area is 170 Å². The van der Waals surface area contributed by atoms with Crippen LogP contribution in [0.5, 0.6) is 0 Å². The molecule has 2 aliphatic rings. The first-order valence-electron chi connectivity index (χ1n) is 9.25. The molecule has 1 aliphatic heterocycles. The first kappa shape index (κ1) is 20.8. The van der Waals surface area contributed by atoms with Crippen molar-refractivity contribution in [2.24, 2.45) is 5.73 Å². The average molecular weight is 422 g/mol. The normalized spacial score (nSPS) is 19.0. The van der Waals surface area contributed by atoms with Gasteiger partial charge in [0.05, 0.1) is 5.56 Å². The highest BCUT2D eigenvalue weighted by Crippen LogP contribution is 2.33. The Kier molecular flexibility index (Phi) is 5.87. The number of hydrogen-bond donors (Lipinski definition) is 3. The number of esters is 1. The molecule has 2 fully saturated rings. The number of nitrogens with zero attached hydrogens (tertiary/aromatic N) is 1. The first-order chi connectivity index (χ1) is 13.7. The maximum atomic E-state index is 12.7. The van der Waals surface area contributed by atoms with Gasteiger partial charge < -0.3 is 21.1 Å². The lowest BCUT2D eigenvalue weighted by Crippen LogP contribution is -2.48. The van der Waals surface area contributed by atoms with Crippen molar-refractivity contribution in [2.45, 2.75) is 50.7 Å². The molecule has 156 valence electrons. The molecule has 1 atom stereocenters. The van der Waals surface area contributed by atoms with Crippen molar-refractivity contribution in [1.29, 1.82) is 0 Å². The molecule has 1 saturated carbocycles. The Balaban J connectivity index is 1.56. The Morgan fingerprint density at radius 1 is 1.31 bits per heavy atom. The number of ether oxygens (including phenoxy) is 1. The molecule has 10 nitrogen and oxygen atoms in total. The predicted molar refractivity (Wildman–Crippen MR) is 103 cm³/mol. The van der Waals surface area contributed by atoms with E-state index in [9.17, 15) is 24.0 Å². The molecule has 1 unspecified atom stereocenters. The molecule has 4 N–H and O–H groups in total. The summed E-state index contributed by atoms with van der Waals surface area (Å²) < 4.78 is 5.06. The first-order valence-corrected chi connectivity index (χ1v) is 10.1. The van der Waals surface area contributed by atoms with Gasteiger partial charge in [-0.25, -0.2) is 4.79 Å². The van der Waals surface area contributed by atoms with Crippen LogP contribution in [-0.2, 0) is 19.1 Å². The van der Waals surface area contributed by atoms with E-state index >= 15 is 0 Å². The van der Waals surface area contributed by atoms with Crippen molar-refractivity contribution < 1.29 is 28.7 Å². The van der Waals surface area contributed by atoms with Gasteiger partial charge in [0.2, 0.25) is 0 Å². The summed E-state index contributed by atoms with van der Waals surface area (Å²) in [5.41, 5.74) is 4.45. The summed E-state index contributed by atoms with van der Waals surface area (Å²) in [4.78, 5) is 61.5. The fourth-order valence-corrected chi connectivity index (χ4v) is 4.34. The summed E-state index contributed by atoms with van der Waals surface area (Å²) in [7, 11) is 0. The third-order valence-corrected chi connectivity index (χ3v) is 5.91. The zero-order valence-corrected chi connectivity index (χ0v) is 16.7. The number of anilines is 1. The van der Waals surface area contributed by atoms with E-state index in [-0.39, 0.29) is 10.6 Å². The van der Waals surface area contributed by atoms with E-state index in [0.717, 1.165) is 35.5 Å². The van der Waals surface area contributed by atoms with Crippen LogP contribution in [0.1, 0.15) is 49.4 Å². The monoisotopic (exact) mass is 422 g/mol. The Morgan fingerprint density at radius 2 is 2.00 bits per heavy atom. The number of imide groups is 1. The van der Waals surface area contributed by atoms with Crippen LogP contribution in [0.4, 0.5) is 9.80 Å². The van der Waals surface area contributed by atoms with E-state index in [1.165, 1.54) is 13.0 Å². The van der Waals surface area contributed by atoms with Crippen molar-refractivity contribution in [2.75, 3.05) is 11.9 Å². The largest absolute Gasteiger partial charge is 0.451 e. The maximum Gasteiger partial charge on any atom is 0.327 e. The highest BCUT2D eigenvalue weighted by Gasteiger charge is 2.51. The van der Waals surface area contributed by atoms with Crippen LogP contribution in [0.15, 0.2) is 11.4 Å². The fraction of sp³-hybridized carbons (Fsp3) is 0.500. The molecule has 0 aromatic carbocycles. The van der Waals surface area contributed by atoms with Gasteiger partial charge in [0, 0.05) is 0 Å². The molecule has 0 radical (unpaired) electrons. The van der Waals surface area contributed by atoms with Crippen molar-refractivity contribution in [3.63, 3.8) is 0 Å². The zero-order valence-electron chi connectivity index (χ0n) is 15.9. The Morgan fingerprint density at radius 3 is 2.66 bits per heavy atom. The Bertz CT molecular complexity index is 860. The number of urea groups is 1. The average Bonchev–Trinajstić information content (AvgIpc) is 3.21. The number of rotatable bonds is 6. The second kappa shape index (κ2) is 8.19. The number of carbonyl (C=O) groups excluding carboxylic acids is 5. The molecule has 1 aliphatic carbocycles. The second-order valence-electron chi connectivity index (χ2n) is 7.11. The molecule has 11 heteroatoms. The smallest absolute Gasteiger partial charge is 0.327 e. The summed E-state index contributed by atoms with van der Waals surface area (Å²) in [5.74, 6) is -2.67. The van der Waals surface area contributed by atoms with E-state index < -0.39 is 47.9 Å². The third kappa shape index (κ3) is 4.24. The van der Waals surface area contributed by atoms with Gasteiger partial charge in [-0.15, -0.1) is 11.3 Å². The summed E-state index contributed by atoms with van der Waals surface area (Å²) in [5, 5.41) is 7.02. The molecule has 3 rings (SSSR count). The minimum Gasteiger partial charge on any atom is -0.451 e. The van der Waals surface area contributed by atoms with Gasteiger partial charge in [0.25, 0.3) is 17.7 Å². The summed E-state index contributed by atoms with van der Waals surface area (Å²) in [6.07, 6.45) is 2.56. The van der Waals surface area contributed by atoms with E-state index in [1.54, 1.807) is 5.38 Å². The quantitative estimate of drug-likeness (QED) is 0.460. The van der Waals surface area contributed by atoms with Crippen LogP contribution in [0.3, 0.4) is 0 Å². The number of amides is 5. The van der Waals surface area contributed by atoms with Gasteiger partial charge in [0.15, 0.2) is 6.10 Å². The zero-order chi connectivity index (χ0) is 21.2. The molecular weight excluding hydrogens is 400 g/mol. The van der Waals surface area contributed by atoms with Crippen LogP contribution in [-0.4, -0.2) is 52.8 Å². The van der Waals surface area contributed by atoms with E-state index in [2.05, 4.69) is 10.6 Å². The predicted octanol–water partition coefficient (Wildman–Crippen LogP) is 0.972. The standard InChI is InChI=1S/C18H22N4O6S/c1-10(14(25)20-15-11(13(19)24)5-8-29-15)28-12(23)9-22-16(26)18(21-17(22)27)6-3-2-4-7-18/h5,8,10H,2-4,6-7,9H2,1H3,(H2,19,24)(H,20,25)(H,21,27). The second-order valence-corrected chi connectivity index (χ2v) is 8.03. The SMILES string of the molecule is CC(OC(=O)CN1C(=O)NC2(CCCCC2)C1=O)C(=O)Nc1sccc1C(N)=O. The number of carbonyl (C=O) groups is 5. The van der Waals surface area contributed by atoms with Crippen LogP contribution < -0.4 is 16.4 Å². The number of nitrogens with one attached hydrogen (secondary N) is 2. The molecule has 1 aromatic heterocycles. The highest BCUT2D eigenvalue weighted by atomic mass is 32.1. The van der Waals surface area contributed by atoms with Crippen LogP contribution in [0.2, 0.25) is 0 Å². The highest BCUT2D eigenvalue weighted by molar-refractivity contribution is 7.14. The van der Waals surface area contributed by atoms with Gasteiger partial charge in [-0.05, 0) is 31.2 Å². The molecule has 0 bridgehead atoms. The fourth-order valence-electron chi connectivity index (χ4n) is 3.54. The van der Waals surface area contributed by atoms with Gasteiger partial charge in [0.1, 0.15) is 17.1 Å². The van der Waals surface area contributed by atoms with Crippen molar-refractivity contribution in [1.82, 2.24) is 10.2 Å². The van der Waals surface area contributed by atoms with Gasteiger partial charge in [-0.3, -0.25) is 24.1 Å². The minimum absolute atomic E-state index is 0.152. The third-order valence-electron chi connectivity index (χ3n) is 5.09. The van der Waals surface area contributed by atoms with E-state index in [1.807, 2.05) is 0 Å².